The topological polar surface area (TPSA) is 25.4 Å². The molecule has 1 aliphatic heterocycles. The Kier molecular flexibility index (Phi) is 4.00. The largest absolute Gasteiger partial charge is 0.497 e. The molecule has 1 aromatic carbocycles. The predicted molar refractivity (Wildman–Crippen MR) is 88.3 cm³/mol. The molecule has 2 aromatic rings. The molecule has 3 rings (SSSR count). The van der Waals surface area contributed by atoms with Gasteiger partial charge < -0.3 is 9.64 Å². The quantitative estimate of drug-likeness (QED) is 0.839. The minimum Gasteiger partial charge on any atom is -0.497 e. The van der Waals surface area contributed by atoms with Gasteiger partial charge >= 0.3 is 0 Å². The third kappa shape index (κ3) is 2.69. The van der Waals surface area contributed by atoms with Crippen molar-refractivity contribution in [2.45, 2.75) is 45.6 Å². The fourth-order valence-corrected chi connectivity index (χ4v) is 3.42. The van der Waals surface area contributed by atoms with Crippen LogP contribution in [0.4, 0.5) is 5.69 Å². The number of aryl methyl sites for hydroxylation is 1. The van der Waals surface area contributed by atoms with Gasteiger partial charge in [0.05, 0.1) is 12.6 Å². The number of benzene rings is 1. The first-order valence-electron chi connectivity index (χ1n) is 7.95. The van der Waals surface area contributed by atoms with Crippen molar-refractivity contribution in [1.82, 2.24) is 4.98 Å². The first-order valence-corrected chi connectivity index (χ1v) is 7.95. The lowest BCUT2D eigenvalue weighted by molar-refractivity contribution is 0.415. The summed E-state index contributed by atoms with van der Waals surface area (Å²) < 4.78 is 5.40. The van der Waals surface area contributed by atoms with Gasteiger partial charge in [-0.2, -0.15) is 0 Å². The highest BCUT2D eigenvalue weighted by Gasteiger charge is 2.23. The average Bonchev–Trinajstić information content (AvgIpc) is 2.53. The Bertz CT molecular complexity index is 638. The molecule has 0 N–H and O–H groups in total. The molecule has 0 spiro atoms. The molecule has 21 heavy (non-hydrogen) atoms. The van der Waals surface area contributed by atoms with E-state index in [1.165, 1.54) is 36.8 Å². The van der Waals surface area contributed by atoms with E-state index in [9.17, 15) is 0 Å². The van der Waals surface area contributed by atoms with E-state index in [4.69, 9.17) is 4.74 Å². The van der Waals surface area contributed by atoms with Crippen LogP contribution in [0.1, 0.15) is 38.3 Å². The van der Waals surface area contributed by atoms with Crippen LogP contribution in [-0.2, 0) is 0 Å². The number of fused-ring (bicyclic) bond motifs is 1. The van der Waals surface area contributed by atoms with Crippen LogP contribution in [0.5, 0.6) is 5.75 Å². The molecule has 3 nitrogen and oxygen atoms in total. The summed E-state index contributed by atoms with van der Waals surface area (Å²) in [5.41, 5.74) is 3.47. The Morgan fingerprint density at radius 3 is 2.90 bits per heavy atom. The second kappa shape index (κ2) is 5.92. The lowest BCUT2D eigenvalue weighted by atomic mass is 9.98. The zero-order valence-corrected chi connectivity index (χ0v) is 13.2. The van der Waals surface area contributed by atoms with Gasteiger partial charge in [-0.05, 0) is 56.9 Å². The molecule has 0 radical (unpaired) electrons. The van der Waals surface area contributed by atoms with Crippen LogP contribution in [0.25, 0.3) is 10.9 Å². The van der Waals surface area contributed by atoms with Gasteiger partial charge in [0.25, 0.3) is 0 Å². The van der Waals surface area contributed by atoms with Crippen LogP contribution in [0.15, 0.2) is 24.3 Å². The number of anilines is 1. The smallest absolute Gasteiger partial charge is 0.119 e. The Balaban J connectivity index is 2.14. The number of ether oxygens (including phenoxy) is 1. The van der Waals surface area contributed by atoms with Crippen molar-refractivity contribution >= 4 is 16.6 Å². The molecule has 1 aromatic heterocycles. The Hall–Kier alpha value is -1.77. The molecule has 1 fully saturated rings. The highest BCUT2D eigenvalue weighted by atomic mass is 16.5. The van der Waals surface area contributed by atoms with Gasteiger partial charge in [0.1, 0.15) is 5.75 Å². The summed E-state index contributed by atoms with van der Waals surface area (Å²) in [7, 11) is 1.72. The number of hydrogen-bond acceptors (Lipinski definition) is 3. The van der Waals surface area contributed by atoms with Crippen molar-refractivity contribution in [3.63, 3.8) is 0 Å². The number of pyridine rings is 1. The van der Waals surface area contributed by atoms with Gasteiger partial charge in [0, 0.05) is 29.4 Å². The van der Waals surface area contributed by atoms with Crippen molar-refractivity contribution in [2.75, 3.05) is 18.6 Å². The fraction of sp³-hybridized carbons (Fsp3) is 0.500. The minimum atomic E-state index is 0.648. The van der Waals surface area contributed by atoms with Crippen molar-refractivity contribution in [3.05, 3.63) is 30.0 Å². The average molecular weight is 284 g/mol. The molecule has 0 bridgehead atoms. The zero-order valence-electron chi connectivity index (χ0n) is 13.2. The molecule has 0 saturated carbocycles. The van der Waals surface area contributed by atoms with Crippen molar-refractivity contribution in [1.29, 1.82) is 0 Å². The second-order valence-corrected chi connectivity index (χ2v) is 5.92. The molecule has 0 aliphatic carbocycles. The Morgan fingerprint density at radius 2 is 2.14 bits per heavy atom. The lowest BCUT2D eigenvalue weighted by Gasteiger charge is -2.38. The maximum Gasteiger partial charge on any atom is 0.119 e. The number of rotatable bonds is 3. The zero-order chi connectivity index (χ0) is 14.8. The maximum absolute atomic E-state index is 5.40. The van der Waals surface area contributed by atoms with E-state index in [1.54, 1.807) is 7.11 Å². The van der Waals surface area contributed by atoms with E-state index in [2.05, 4.69) is 41.9 Å². The predicted octanol–water partition coefficient (Wildman–Crippen LogP) is 4.32. The van der Waals surface area contributed by atoms with Crippen molar-refractivity contribution in [3.8, 4) is 5.75 Å². The molecule has 3 heteroatoms. The third-order valence-electron chi connectivity index (χ3n) is 4.53. The SMILES string of the molecule is CCC1CCCCN1c1cc(C)nc2ccc(OC)cc12. The summed E-state index contributed by atoms with van der Waals surface area (Å²) in [5, 5.41) is 1.21. The monoisotopic (exact) mass is 284 g/mol. The number of hydrogen-bond donors (Lipinski definition) is 0. The number of piperidine rings is 1. The molecule has 112 valence electrons. The van der Waals surface area contributed by atoms with E-state index in [-0.39, 0.29) is 0 Å². The lowest BCUT2D eigenvalue weighted by Crippen LogP contribution is -2.39. The highest BCUT2D eigenvalue weighted by Crippen LogP contribution is 2.34. The van der Waals surface area contributed by atoms with E-state index >= 15 is 0 Å². The number of aromatic nitrogens is 1. The molecule has 1 saturated heterocycles. The molecular formula is C18H24N2O. The van der Waals surface area contributed by atoms with Gasteiger partial charge in [-0.25, -0.2) is 0 Å². The first kappa shape index (κ1) is 14.2. The van der Waals surface area contributed by atoms with Crippen LogP contribution >= 0.6 is 0 Å². The Morgan fingerprint density at radius 1 is 1.29 bits per heavy atom. The third-order valence-corrected chi connectivity index (χ3v) is 4.53. The minimum absolute atomic E-state index is 0.648. The van der Waals surface area contributed by atoms with Gasteiger partial charge in [-0.1, -0.05) is 6.92 Å². The van der Waals surface area contributed by atoms with Crippen LogP contribution in [0, 0.1) is 6.92 Å². The van der Waals surface area contributed by atoms with E-state index in [0.29, 0.717) is 6.04 Å². The molecule has 1 unspecified atom stereocenters. The molecule has 1 atom stereocenters. The van der Waals surface area contributed by atoms with Gasteiger partial charge in [0.15, 0.2) is 0 Å². The van der Waals surface area contributed by atoms with Crippen LogP contribution in [0.2, 0.25) is 0 Å². The van der Waals surface area contributed by atoms with Crippen LogP contribution < -0.4 is 9.64 Å². The van der Waals surface area contributed by atoms with Gasteiger partial charge in [0.2, 0.25) is 0 Å². The molecular weight excluding hydrogens is 260 g/mol. The summed E-state index contributed by atoms with van der Waals surface area (Å²) in [6.07, 6.45) is 5.12. The van der Waals surface area contributed by atoms with E-state index in [0.717, 1.165) is 23.5 Å². The van der Waals surface area contributed by atoms with Gasteiger partial charge in [-0.15, -0.1) is 0 Å². The van der Waals surface area contributed by atoms with E-state index in [1.807, 2.05) is 6.07 Å². The summed E-state index contributed by atoms with van der Waals surface area (Å²) in [5.74, 6) is 0.902. The molecule has 2 heterocycles. The summed E-state index contributed by atoms with van der Waals surface area (Å²) in [6, 6.07) is 9.06. The fourth-order valence-electron chi connectivity index (χ4n) is 3.42. The summed E-state index contributed by atoms with van der Waals surface area (Å²) in [6.45, 7) is 5.52. The normalized spacial score (nSPS) is 19.0. The van der Waals surface area contributed by atoms with Crippen molar-refractivity contribution in [2.24, 2.45) is 0 Å². The Labute approximate surface area is 126 Å². The van der Waals surface area contributed by atoms with E-state index < -0.39 is 0 Å². The number of methoxy groups -OCH3 is 1. The van der Waals surface area contributed by atoms with Crippen LogP contribution in [0.3, 0.4) is 0 Å². The highest BCUT2D eigenvalue weighted by molar-refractivity contribution is 5.93. The molecule has 1 aliphatic rings. The second-order valence-electron chi connectivity index (χ2n) is 5.92. The van der Waals surface area contributed by atoms with Crippen molar-refractivity contribution < 1.29 is 4.74 Å². The summed E-state index contributed by atoms with van der Waals surface area (Å²) in [4.78, 5) is 7.26. The molecule has 0 amide bonds. The standard InChI is InChI=1S/C18H24N2O/c1-4-14-7-5-6-10-20(14)18-11-13(2)19-17-9-8-15(21-3)12-16(17)18/h8-9,11-12,14H,4-7,10H2,1-3H3. The first-order chi connectivity index (χ1) is 10.2. The van der Waals surface area contributed by atoms with Gasteiger partial charge in [-0.3, -0.25) is 4.98 Å². The number of nitrogens with zero attached hydrogens (tertiary/aromatic N) is 2. The summed E-state index contributed by atoms with van der Waals surface area (Å²) >= 11 is 0. The van der Waals surface area contributed by atoms with Crippen LogP contribution in [-0.4, -0.2) is 24.7 Å². The maximum atomic E-state index is 5.40.